The van der Waals surface area contributed by atoms with Crippen LogP contribution in [0.4, 0.5) is 5.69 Å². The van der Waals surface area contributed by atoms with Gasteiger partial charge in [0, 0.05) is 29.3 Å². The number of phenols is 1. The number of aromatic hydroxyl groups is 1. The van der Waals surface area contributed by atoms with Gasteiger partial charge in [-0.05, 0) is 71.7 Å². The molecule has 9 heteroatoms. The molecule has 8 nitrogen and oxygen atoms in total. The van der Waals surface area contributed by atoms with Crippen molar-refractivity contribution < 1.29 is 14.6 Å². The quantitative estimate of drug-likeness (QED) is 0.239. The van der Waals surface area contributed by atoms with E-state index in [9.17, 15) is 9.90 Å². The van der Waals surface area contributed by atoms with Gasteiger partial charge in [0.2, 0.25) is 5.16 Å². The van der Waals surface area contributed by atoms with Crippen LogP contribution < -0.4 is 10.1 Å². The van der Waals surface area contributed by atoms with Crippen molar-refractivity contribution in [3.8, 4) is 17.2 Å². The minimum atomic E-state index is -0.408. The number of fused-ring (bicyclic) bond motifs is 1. The second-order valence-electron chi connectivity index (χ2n) is 9.16. The highest BCUT2D eigenvalue weighted by Crippen LogP contribution is 2.39. The predicted molar refractivity (Wildman–Crippen MR) is 149 cm³/mol. The number of hydrogen-bond acceptors (Lipinski definition) is 7. The summed E-state index contributed by atoms with van der Waals surface area (Å²) in [5.74, 6) is 1.36. The van der Waals surface area contributed by atoms with Crippen molar-refractivity contribution in [2.45, 2.75) is 31.7 Å². The molecule has 0 fully saturated rings. The molecule has 0 aliphatic carbocycles. The lowest BCUT2D eigenvalue weighted by Crippen LogP contribution is -2.13. The number of thioether (sulfide) groups is 1. The number of tetrazole rings is 1. The molecule has 38 heavy (non-hydrogen) atoms. The Labute approximate surface area is 224 Å². The standard InChI is InChI=1S/C29H27N5O3S/c1-17-9-10-18(2)24(13-17)30-28(36)23-15-26(21-7-5-6-8-22(21)27(23)35)37-25-12-11-20(14-19(25)3)16-38-29-31-32-33-34(29)4/h5-15,35H,16H2,1-4H3,(H,30,36). The molecule has 192 valence electrons. The maximum Gasteiger partial charge on any atom is 0.259 e. The molecule has 0 unspecified atom stereocenters. The molecule has 5 aromatic rings. The third-order valence-corrected chi connectivity index (χ3v) is 7.35. The fourth-order valence-electron chi connectivity index (χ4n) is 4.17. The van der Waals surface area contributed by atoms with Gasteiger partial charge in [-0.15, -0.1) is 5.10 Å². The summed E-state index contributed by atoms with van der Waals surface area (Å²) in [6.07, 6.45) is 0. The molecule has 0 spiro atoms. The Morgan fingerprint density at radius 2 is 1.76 bits per heavy atom. The molecule has 1 heterocycles. The van der Waals surface area contributed by atoms with Crippen LogP contribution in [-0.2, 0) is 12.8 Å². The lowest BCUT2D eigenvalue weighted by atomic mass is 10.0. The zero-order valence-electron chi connectivity index (χ0n) is 21.5. The fourth-order valence-corrected chi connectivity index (χ4v) is 4.96. The zero-order chi connectivity index (χ0) is 26.8. The highest BCUT2D eigenvalue weighted by atomic mass is 32.2. The topological polar surface area (TPSA) is 102 Å². The van der Waals surface area contributed by atoms with E-state index in [1.807, 2.05) is 76.3 Å². The molecule has 1 aromatic heterocycles. The number of nitrogens with zero attached hydrogens (tertiary/aromatic N) is 4. The summed E-state index contributed by atoms with van der Waals surface area (Å²) in [6, 6.07) is 20.8. The minimum absolute atomic E-state index is 0.0851. The molecule has 5 rings (SSSR count). The van der Waals surface area contributed by atoms with Gasteiger partial charge in [-0.3, -0.25) is 4.79 Å². The Bertz CT molecular complexity index is 1660. The van der Waals surface area contributed by atoms with Crippen LogP contribution in [0.15, 0.2) is 71.9 Å². The van der Waals surface area contributed by atoms with Gasteiger partial charge in [0.25, 0.3) is 5.91 Å². The van der Waals surface area contributed by atoms with Gasteiger partial charge in [0.15, 0.2) is 0 Å². The smallest absolute Gasteiger partial charge is 0.259 e. The van der Waals surface area contributed by atoms with Gasteiger partial charge in [-0.25, -0.2) is 4.68 Å². The first-order valence-electron chi connectivity index (χ1n) is 12.1. The first-order valence-corrected chi connectivity index (χ1v) is 13.0. The highest BCUT2D eigenvalue weighted by Gasteiger charge is 2.19. The van der Waals surface area contributed by atoms with Crippen LogP contribution in [0.5, 0.6) is 17.2 Å². The van der Waals surface area contributed by atoms with Crippen LogP contribution in [0.25, 0.3) is 10.8 Å². The Kier molecular flexibility index (Phi) is 7.02. The lowest BCUT2D eigenvalue weighted by molar-refractivity contribution is 0.102. The molecule has 0 saturated heterocycles. The van der Waals surface area contributed by atoms with Crippen molar-refractivity contribution in [1.29, 1.82) is 0 Å². The maximum atomic E-state index is 13.3. The van der Waals surface area contributed by atoms with Gasteiger partial charge in [0.1, 0.15) is 17.2 Å². The Balaban J connectivity index is 1.44. The molecule has 0 atom stereocenters. The van der Waals surface area contributed by atoms with Gasteiger partial charge in [0.05, 0.1) is 5.56 Å². The summed E-state index contributed by atoms with van der Waals surface area (Å²) in [4.78, 5) is 13.3. The number of phenolic OH excluding ortho intramolecular Hbond substituents is 1. The van der Waals surface area contributed by atoms with Crippen molar-refractivity contribution in [3.05, 3.63) is 94.5 Å². The number of amides is 1. The number of aromatic nitrogens is 4. The lowest BCUT2D eigenvalue weighted by Gasteiger charge is -2.16. The first kappa shape index (κ1) is 25.3. The minimum Gasteiger partial charge on any atom is -0.506 e. The van der Waals surface area contributed by atoms with Crippen molar-refractivity contribution in [2.75, 3.05) is 5.32 Å². The summed E-state index contributed by atoms with van der Waals surface area (Å²) >= 11 is 1.55. The Hall–Kier alpha value is -4.37. The largest absolute Gasteiger partial charge is 0.506 e. The van der Waals surface area contributed by atoms with Gasteiger partial charge in [-0.1, -0.05) is 60.3 Å². The van der Waals surface area contributed by atoms with Crippen LogP contribution in [-0.4, -0.2) is 31.2 Å². The van der Waals surface area contributed by atoms with Crippen LogP contribution >= 0.6 is 11.8 Å². The molecule has 0 saturated carbocycles. The van der Waals surface area contributed by atoms with Crippen molar-refractivity contribution in [2.24, 2.45) is 7.05 Å². The molecule has 0 radical (unpaired) electrons. The number of rotatable bonds is 7. The number of carbonyl (C=O) groups excluding carboxylic acids is 1. The summed E-state index contributed by atoms with van der Waals surface area (Å²) in [7, 11) is 1.81. The summed E-state index contributed by atoms with van der Waals surface area (Å²) < 4.78 is 7.99. The maximum absolute atomic E-state index is 13.3. The molecule has 4 aromatic carbocycles. The third-order valence-electron chi connectivity index (χ3n) is 6.27. The van der Waals surface area contributed by atoms with Crippen LogP contribution in [0, 0.1) is 20.8 Å². The number of aryl methyl sites for hydroxylation is 4. The van der Waals surface area contributed by atoms with Gasteiger partial charge >= 0.3 is 0 Å². The van der Waals surface area contributed by atoms with E-state index in [1.165, 1.54) is 0 Å². The van der Waals surface area contributed by atoms with E-state index in [2.05, 4.69) is 26.9 Å². The number of ether oxygens (including phenoxy) is 1. The van der Waals surface area contributed by atoms with E-state index in [4.69, 9.17) is 4.74 Å². The molecular weight excluding hydrogens is 498 g/mol. The first-order chi connectivity index (χ1) is 18.3. The van der Waals surface area contributed by atoms with Crippen LogP contribution in [0.3, 0.4) is 0 Å². The third kappa shape index (κ3) is 5.19. The van der Waals surface area contributed by atoms with Crippen LogP contribution in [0.2, 0.25) is 0 Å². The Morgan fingerprint density at radius 1 is 0.974 bits per heavy atom. The molecular formula is C29H27N5O3S. The van der Waals surface area contributed by atoms with Gasteiger partial charge in [-0.2, -0.15) is 0 Å². The monoisotopic (exact) mass is 525 g/mol. The molecule has 0 bridgehead atoms. The van der Waals surface area contributed by atoms with Gasteiger partial charge < -0.3 is 15.2 Å². The van der Waals surface area contributed by atoms with Crippen molar-refractivity contribution in [3.63, 3.8) is 0 Å². The van der Waals surface area contributed by atoms with E-state index in [0.29, 0.717) is 33.7 Å². The second-order valence-corrected chi connectivity index (χ2v) is 10.1. The van der Waals surface area contributed by atoms with E-state index < -0.39 is 5.91 Å². The number of carbonyl (C=O) groups is 1. The molecule has 2 N–H and O–H groups in total. The van der Waals surface area contributed by atoms with E-state index >= 15 is 0 Å². The Morgan fingerprint density at radius 3 is 2.50 bits per heavy atom. The molecule has 0 aliphatic heterocycles. The number of benzene rings is 4. The predicted octanol–water partition coefficient (Wildman–Crippen LogP) is 6.33. The average molecular weight is 526 g/mol. The van der Waals surface area contributed by atoms with Crippen LogP contribution in [0.1, 0.15) is 32.6 Å². The van der Waals surface area contributed by atoms with E-state index in [-0.39, 0.29) is 11.3 Å². The van der Waals surface area contributed by atoms with E-state index in [1.54, 1.807) is 28.6 Å². The molecule has 1 amide bonds. The fraction of sp³-hybridized carbons (Fsp3) is 0.172. The molecule has 0 aliphatic rings. The zero-order valence-corrected chi connectivity index (χ0v) is 22.3. The normalized spacial score (nSPS) is 11.1. The second kappa shape index (κ2) is 10.5. The highest BCUT2D eigenvalue weighted by molar-refractivity contribution is 7.98. The summed E-state index contributed by atoms with van der Waals surface area (Å²) in [5.41, 5.74) is 4.85. The van der Waals surface area contributed by atoms with E-state index in [0.717, 1.165) is 27.4 Å². The summed E-state index contributed by atoms with van der Waals surface area (Å²) in [6.45, 7) is 5.87. The summed E-state index contributed by atoms with van der Waals surface area (Å²) in [5, 5.41) is 27.5. The SMILES string of the molecule is Cc1ccc(C)c(NC(=O)c2cc(Oc3ccc(CSc4nnnn4C)cc3C)c3ccccc3c2O)c1. The van der Waals surface area contributed by atoms with Crippen molar-refractivity contribution in [1.82, 2.24) is 20.2 Å². The van der Waals surface area contributed by atoms with Crippen molar-refractivity contribution >= 4 is 34.1 Å². The number of nitrogens with one attached hydrogen (secondary N) is 1. The number of anilines is 1. The number of hydrogen-bond donors (Lipinski definition) is 2. The average Bonchev–Trinajstić information content (AvgIpc) is 3.32.